The van der Waals surface area contributed by atoms with Gasteiger partial charge < -0.3 is 0 Å². The summed E-state index contributed by atoms with van der Waals surface area (Å²) in [5.74, 6) is 0.299. The van der Waals surface area contributed by atoms with Gasteiger partial charge >= 0.3 is 0 Å². The van der Waals surface area contributed by atoms with Gasteiger partial charge in [0.25, 0.3) is 0 Å². The van der Waals surface area contributed by atoms with Crippen LogP contribution in [0.5, 0.6) is 0 Å². The first kappa shape index (κ1) is 13.6. The molecule has 7 heteroatoms. The van der Waals surface area contributed by atoms with Gasteiger partial charge in [-0.2, -0.15) is 4.31 Å². The van der Waals surface area contributed by atoms with E-state index in [9.17, 15) is 17.0 Å². The summed E-state index contributed by atoms with van der Waals surface area (Å²) in [5, 5.41) is 0. The molecule has 1 saturated heterocycles. The molecule has 0 N–H and O–H groups in total. The van der Waals surface area contributed by atoms with E-state index in [0.717, 1.165) is 6.07 Å². The number of benzene rings is 1. The van der Waals surface area contributed by atoms with E-state index >= 15 is 0 Å². The molecule has 1 aromatic rings. The number of rotatable bonds is 2. The van der Waals surface area contributed by atoms with E-state index in [1.165, 1.54) is 23.4 Å². The van der Waals surface area contributed by atoms with Crippen LogP contribution in [-0.4, -0.2) is 41.5 Å². The topological polar surface area (TPSA) is 54.5 Å². The quantitative estimate of drug-likeness (QED) is 0.813. The fourth-order valence-electron chi connectivity index (χ4n) is 1.79. The molecule has 1 aliphatic heterocycles. The first-order valence-electron chi connectivity index (χ1n) is 5.52. The number of sulfonamides is 1. The Morgan fingerprint density at radius 3 is 2.44 bits per heavy atom. The van der Waals surface area contributed by atoms with Crippen molar-refractivity contribution in [3.63, 3.8) is 0 Å². The second-order valence-electron chi connectivity index (χ2n) is 4.16. The fraction of sp³-hybridized carbons (Fsp3) is 0.455. The predicted molar refractivity (Wildman–Crippen MR) is 67.8 cm³/mol. The van der Waals surface area contributed by atoms with Gasteiger partial charge in [0.2, 0.25) is 10.0 Å². The molecule has 0 amide bonds. The molecule has 0 aromatic heterocycles. The summed E-state index contributed by atoms with van der Waals surface area (Å²) in [7, 11) is -4.52. The molecule has 0 atom stereocenters. The molecule has 18 heavy (non-hydrogen) atoms. The Bertz CT molecular complexity index is 576. The Morgan fingerprint density at radius 1 is 1.28 bits per heavy atom. The van der Waals surface area contributed by atoms with Gasteiger partial charge in [0.1, 0.15) is 5.82 Å². The maximum Gasteiger partial charge on any atom is 0.243 e. The third kappa shape index (κ3) is 2.62. The van der Waals surface area contributed by atoms with Crippen LogP contribution in [0.4, 0.5) is 4.39 Å². The van der Waals surface area contributed by atoms with Crippen molar-refractivity contribution in [2.75, 3.05) is 24.6 Å². The molecule has 1 aromatic carbocycles. The fourth-order valence-corrected chi connectivity index (χ4v) is 4.60. The Labute approximate surface area is 108 Å². The summed E-state index contributed by atoms with van der Waals surface area (Å²) < 4.78 is 50.2. The van der Waals surface area contributed by atoms with Crippen molar-refractivity contribution in [2.24, 2.45) is 0 Å². The molecule has 1 fully saturated rings. The van der Waals surface area contributed by atoms with Crippen LogP contribution < -0.4 is 0 Å². The lowest BCUT2D eigenvalue weighted by Gasteiger charge is -2.25. The van der Waals surface area contributed by atoms with E-state index in [1.54, 1.807) is 0 Å². The van der Waals surface area contributed by atoms with Gasteiger partial charge in [-0.1, -0.05) is 0 Å². The Morgan fingerprint density at radius 2 is 1.89 bits per heavy atom. The van der Waals surface area contributed by atoms with Gasteiger partial charge in [0.15, 0.2) is 0 Å². The zero-order valence-electron chi connectivity index (χ0n) is 9.93. The third-order valence-electron chi connectivity index (χ3n) is 2.90. The largest absolute Gasteiger partial charge is 0.259 e. The highest BCUT2D eigenvalue weighted by Crippen LogP contribution is 2.19. The summed E-state index contributed by atoms with van der Waals surface area (Å²) in [4.78, 5) is 0.0917. The number of nitrogens with zero attached hydrogens (tertiary/aromatic N) is 1. The van der Waals surface area contributed by atoms with Crippen molar-refractivity contribution in [3.05, 3.63) is 29.6 Å². The second-order valence-corrected chi connectivity index (χ2v) is 7.80. The third-order valence-corrected chi connectivity index (χ3v) is 6.07. The van der Waals surface area contributed by atoms with Crippen LogP contribution in [0.25, 0.3) is 0 Å². The van der Waals surface area contributed by atoms with Crippen molar-refractivity contribution in [1.82, 2.24) is 4.31 Å². The Kier molecular flexibility index (Phi) is 3.84. The van der Waals surface area contributed by atoms with Crippen LogP contribution >= 0.6 is 0 Å². The number of hydrogen-bond donors (Lipinski definition) is 0. The van der Waals surface area contributed by atoms with E-state index in [-0.39, 0.29) is 18.0 Å². The molecule has 0 spiro atoms. The maximum absolute atomic E-state index is 13.1. The average molecular weight is 291 g/mol. The predicted octanol–water partition coefficient (Wildman–Crippen LogP) is 0.887. The maximum atomic E-state index is 13.1. The van der Waals surface area contributed by atoms with E-state index in [4.69, 9.17) is 0 Å². The molecule has 2 rings (SSSR count). The van der Waals surface area contributed by atoms with Crippen molar-refractivity contribution >= 4 is 20.8 Å². The summed E-state index contributed by atoms with van der Waals surface area (Å²) in [6, 6.07) is 3.75. The minimum atomic E-state index is -3.59. The SMILES string of the molecule is Cc1cc(S(=O)(=O)N2CCS(=O)CC2)ccc1F. The van der Waals surface area contributed by atoms with Gasteiger partial charge in [-0.25, -0.2) is 12.8 Å². The summed E-state index contributed by atoms with van der Waals surface area (Å²) >= 11 is 0. The van der Waals surface area contributed by atoms with E-state index in [1.807, 2.05) is 0 Å². The zero-order valence-corrected chi connectivity index (χ0v) is 11.6. The average Bonchev–Trinajstić information content (AvgIpc) is 2.33. The molecule has 0 saturated carbocycles. The highest BCUT2D eigenvalue weighted by atomic mass is 32.2. The molecular weight excluding hydrogens is 277 g/mol. The molecule has 0 radical (unpaired) electrons. The molecule has 0 bridgehead atoms. The molecule has 1 aliphatic rings. The second kappa shape index (κ2) is 5.07. The van der Waals surface area contributed by atoms with Crippen LogP contribution in [0.1, 0.15) is 5.56 Å². The standard InChI is InChI=1S/C11H14FNO3S2/c1-9-8-10(2-3-11(9)12)18(15,16)13-4-6-17(14)7-5-13/h2-3,8H,4-7H2,1H3. The van der Waals surface area contributed by atoms with Crippen LogP contribution in [0.3, 0.4) is 0 Å². The normalized spacial score (nSPS) is 19.0. The zero-order chi connectivity index (χ0) is 13.3. The Hall–Kier alpha value is -0.790. The van der Waals surface area contributed by atoms with E-state index in [2.05, 4.69) is 0 Å². The minimum Gasteiger partial charge on any atom is -0.259 e. The van der Waals surface area contributed by atoms with E-state index in [0.29, 0.717) is 17.1 Å². The van der Waals surface area contributed by atoms with Crippen molar-refractivity contribution in [1.29, 1.82) is 0 Å². The van der Waals surface area contributed by atoms with Crippen molar-refractivity contribution < 1.29 is 17.0 Å². The summed E-state index contributed by atoms with van der Waals surface area (Å²) in [5.41, 5.74) is 0.302. The smallest absolute Gasteiger partial charge is 0.243 e. The number of aryl methyl sites for hydroxylation is 1. The van der Waals surface area contributed by atoms with Crippen molar-refractivity contribution in [3.8, 4) is 0 Å². The van der Waals surface area contributed by atoms with Crippen LogP contribution in [0.15, 0.2) is 23.1 Å². The van der Waals surface area contributed by atoms with Gasteiger partial charge in [-0.05, 0) is 30.7 Å². The molecular formula is C11H14FNO3S2. The molecule has 0 unspecified atom stereocenters. The first-order chi connectivity index (χ1) is 8.41. The minimum absolute atomic E-state index is 0.0917. The lowest BCUT2D eigenvalue weighted by atomic mass is 10.2. The van der Waals surface area contributed by atoms with E-state index < -0.39 is 26.6 Å². The number of halogens is 1. The molecule has 4 nitrogen and oxygen atoms in total. The summed E-state index contributed by atoms with van der Waals surface area (Å²) in [6.07, 6.45) is 0. The van der Waals surface area contributed by atoms with Gasteiger partial charge in [0, 0.05) is 35.4 Å². The van der Waals surface area contributed by atoms with Gasteiger partial charge in [-0.3, -0.25) is 4.21 Å². The molecule has 1 heterocycles. The van der Waals surface area contributed by atoms with Crippen LogP contribution in [0, 0.1) is 12.7 Å². The van der Waals surface area contributed by atoms with Gasteiger partial charge in [0.05, 0.1) is 4.90 Å². The monoisotopic (exact) mass is 291 g/mol. The van der Waals surface area contributed by atoms with Crippen molar-refractivity contribution in [2.45, 2.75) is 11.8 Å². The molecule has 0 aliphatic carbocycles. The lowest BCUT2D eigenvalue weighted by Crippen LogP contribution is -2.41. The van der Waals surface area contributed by atoms with Crippen LogP contribution in [0.2, 0.25) is 0 Å². The van der Waals surface area contributed by atoms with Crippen LogP contribution in [-0.2, 0) is 20.8 Å². The Balaban J connectivity index is 2.30. The highest BCUT2D eigenvalue weighted by Gasteiger charge is 2.28. The number of hydrogen-bond acceptors (Lipinski definition) is 3. The van der Waals surface area contributed by atoms with Gasteiger partial charge in [-0.15, -0.1) is 0 Å². The molecule has 100 valence electrons. The first-order valence-corrected chi connectivity index (χ1v) is 8.45. The highest BCUT2D eigenvalue weighted by molar-refractivity contribution is 7.89. The summed E-state index contributed by atoms with van der Waals surface area (Å²) in [6.45, 7) is 2.04. The lowest BCUT2D eigenvalue weighted by molar-refractivity contribution is 0.438.